The SMILES string of the molecule is COc1ccc(C(=O)NC[C@@H]2OCCc3ccccc32)c(O)c1. The molecule has 0 fully saturated rings. The van der Waals surface area contributed by atoms with Crippen LogP contribution in [0.15, 0.2) is 42.5 Å². The molecule has 0 aliphatic carbocycles. The second kappa shape index (κ2) is 6.71. The molecule has 23 heavy (non-hydrogen) atoms. The van der Waals surface area contributed by atoms with Crippen molar-refractivity contribution in [3.8, 4) is 11.5 Å². The van der Waals surface area contributed by atoms with Crippen LogP contribution in [0.3, 0.4) is 0 Å². The van der Waals surface area contributed by atoms with Crippen molar-refractivity contribution >= 4 is 5.91 Å². The summed E-state index contributed by atoms with van der Waals surface area (Å²) in [5, 5.41) is 12.7. The van der Waals surface area contributed by atoms with Crippen molar-refractivity contribution in [2.24, 2.45) is 0 Å². The largest absolute Gasteiger partial charge is 0.507 e. The zero-order valence-electron chi connectivity index (χ0n) is 12.9. The number of methoxy groups -OCH3 is 1. The summed E-state index contributed by atoms with van der Waals surface area (Å²) in [4.78, 5) is 12.3. The van der Waals surface area contributed by atoms with Crippen molar-refractivity contribution in [3.63, 3.8) is 0 Å². The van der Waals surface area contributed by atoms with Crippen LogP contribution in [0.25, 0.3) is 0 Å². The number of amides is 1. The van der Waals surface area contributed by atoms with E-state index in [1.54, 1.807) is 12.1 Å². The van der Waals surface area contributed by atoms with Gasteiger partial charge in [0.25, 0.3) is 5.91 Å². The molecule has 1 heterocycles. The lowest BCUT2D eigenvalue weighted by atomic mass is 9.97. The van der Waals surface area contributed by atoms with E-state index in [0.29, 0.717) is 18.9 Å². The summed E-state index contributed by atoms with van der Waals surface area (Å²) in [7, 11) is 1.51. The minimum atomic E-state index is -0.336. The van der Waals surface area contributed by atoms with E-state index in [2.05, 4.69) is 11.4 Å². The van der Waals surface area contributed by atoms with E-state index in [1.807, 2.05) is 18.2 Å². The molecule has 5 heteroatoms. The number of aromatic hydroxyl groups is 1. The van der Waals surface area contributed by atoms with Crippen molar-refractivity contribution in [3.05, 3.63) is 59.2 Å². The summed E-state index contributed by atoms with van der Waals surface area (Å²) in [5.74, 6) is 0.0622. The summed E-state index contributed by atoms with van der Waals surface area (Å²) in [5.41, 5.74) is 2.58. The fourth-order valence-corrected chi connectivity index (χ4v) is 2.76. The summed E-state index contributed by atoms with van der Waals surface area (Å²) in [6.07, 6.45) is 0.726. The van der Waals surface area contributed by atoms with E-state index in [1.165, 1.54) is 18.7 Å². The molecule has 2 aromatic carbocycles. The average molecular weight is 313 g/mol. The highest BCUT2D eigenvalue weighted by atomic mass is 16.5. The first-order valence-corrected chi connectivity index (χ1v) is 7.53. The molecule has 1 aliphatic rings. The zero-order chi connectivity index (χ0) is 16.2. The van der Waals surface area contributed by atoms with Gasteiger partial charge >= 0.3 is 0 Å². The van der Waals surface area contributed by atoms with E-state index in [0.717, 1.165) is 12.0 Å². The van der Waals surface area contributed by atoms with Crippen LogP contribution in [0.4, 0.5) is 0 Å². The first kappa shape index (κ1) is 15.4. The van der Waals surface area contributed by atoms with Crippen LogP contribution in [0.5, 0.6) is 11.5 Å². The molecule has 1 aliphatic heterocycles. The van der Waals surface area contributed by atoms with Gasteiger partial charge in [-0.05, 0) is 29.7 Å². The van der Waals surface area contributed by atoms with Crippen LogP contribution in [0, 0.1) is 0 Å². The molecule has 2 aromatic rings. The molecular formula is C18H19NO4. The minimum absolute atomic E-state index is 0.105. The molecule has 2 N–H and O–H groups in total. The number of hydrogen-bond donors (Lipinski definition) is 2. The zero-order valence-corrected chi connectivity index (χ0v) is 12.9. The van der Waals surface area contributed by atoms with Crippen LogP contribution in [-0.2, 0) is 11.2 Å². The second-order valence-corrected chi connectivity index (χ2v) is 5.40. The Bertz CT molecular complexity index is 714. The number of fused-ring (bicyclic) bond motifs is 1. The van der Waals surface area contributed by atoms with E-state index in [4.69, 9.17) is 9.47 Å². The van der Waals surface area contributed by atoms with Crippen LogP contribution >= 0.6 is 0 Å². The first-order chi connectivity index (χ1) is 11.2. The van der Waals surface area contributed by atoms with Gasteiger partial charge in [0.15, 0.2) is 0 Å². The second-order valence-electron chi connectivity index (χ2n) is 5.40. The van der Waals surface area contributed by atoms with E-state index < -0.39 is 0 Å². The molecule has 0 spiro atoms. The summed E-state index contributed by atoms with van der Waals surface area (Å²) in [6, 6.07) is 12.7. The van der Waals surface area contributed by atoms with Gasteiger partial charge < -0.3 is 19.9 Å². The van der Waals surface area contributed by atoms with E-state index in [-0.39, 0.29) is 23.3 Å². The van der Waals surface area contributed by atoms with Gasteiger partial charge in [-0.25, -0.2) is 0 Å². The molecule has 120 valence electrons. The van der Waals surface area contributed by atoms with Gasteiger partial charge in [0.2, 0.25) is 0 Å². The molecule has 0 saturated heterocycles. The van der Waals surface area contributed by atoms with Crippen molar-refractivity contribution < 1.29 is 19.4 Å². The number of rotatable bonds is 4. The van der Waals surface area contributed by atoms with Gasteiger partial charge in [-0.1, -0.05) is 24.3 Å². The molecule has 0 unspecified atom stereocenters. The molecule has 0 radical (unpaired) electrons. The number of hydrogen-bond acceptors (Lipinski definition) is 4. The highest BCUT2D eigenvalue weighted by molar-refractivity contribution is 5.97. The van der Waals surface area contributed by atoms with Gasteiger partial charge in [-0.2, -0.15) is 0 Å². The minimum Gasteiger partial charge on any atom is -0.507 e. The molecular weight excluding hydrogens is 294 g/mol. The molecule has 0 saturated carbocycles. The Morgan fingerprint density at radius 3 is 2.96 bits per heavy atom. The summed E-state index contributed by atoms with van der Waals surface area (Å²) < 4.78 is 10.8. The fraction of sp³-hybridized carbons (Fsp3) is 0.278. The maximum absolute atomic E-state index is 12.3. The molecule has 0 bridgehead atoms. The van der Waals surface area contributed by atoms with Crippen LogP contribution in [-0.4, -0.2) is 31.3 Å². The predicted molar refractivity (Wildman–Crippen MR) is 85.8 cm³/mol. The quantitative estimate of drug-likeness (QED) is 0.910. The van der Waals surface area contributed by atoms with Crippen LogP contribution in [0.2, 0.25) is 0 Å². The third kappa shape index (κ3) is 3.29. The number of carbonyl (C=O) groups is 1. The Kier molecular flexibility index (Phi) is 4.48. The van der Waals surface area contributed by atoms with Gasteiger partial charge in [0.05, 0.1) is 19.3 Å². The number of ether oxygens (including phenoxy) is 2. The monoisotopic (exact) mass is 313 g/mol. The van der Waals surface area contributed by atoms with Gasteiger partial charge in [-0.3, -0.25) is 4.79 Å². The van der Waals surface area contributed by atoms with E-state index in [9.17, 15) is 9.90 Å². The van der Waals surface area contributed by atoms with Crippen molar-refractivity contribution in [1.29, 1.82) is 0 Å². The van der Waals surface area contributed by atoms with Crippen LogP contribution < -0.4 is 10.1 Å². The van der Waals surface area contributed by atoms with E-state index >= 15 is 0 Å². The van der Waals surface area contributed by atoms with Crippen LogP contribution in [0.1, 0.15) is 27.6 Å². The summed E-state index contributed by atoms with van der Waals surface area (Å²) in [6.45, 7) is 1.01. The highest BCUT2D eigenvalue weighted by Gasteiger charge is 2.21. The first-order valence-electron chi connectivity index (χ1n) is 7.53. The van der Waals surface area contributed by atoms with Crippen molar-refractivity contribution in [2.45, 2.75) is 12.5 Å². The third-order valence-electron chi connectivity index (χ3n) is 3.99. The Morgan fingerprint density at radius 1 is 1.35 bits per heavy atom. The number of phenols is 1. The lowest BCUT2D eigenvalue weighted by Crippen LogP contribution is -2.31. The summed E-state index contributed by atoms with van der Waals surface area (Å²) >= 11 is 0. The number of phenolic OH excluding ortho intramolecular Hbond substituents is 1. The Labute approximate surface area is 134 Å². The van der Waals surface area contributed by atoms with Gasteiger partial charge in [0.1, 0.15) is 17.6 Å². The lowest BCUT2D eigenvalue weighted by molar-refractivity contribution is 0.0411. The molecule has 3 rings (SSSR count). The smallest absolute Gasteiger partial charge is 0.255 e. The van der Waals surface area contributed by atoms with Crippen molar-refractivity contribution in [2.75, 3.05) is 20.3 Å². The standard InChI is InChI=1S/C18H19NO4/c1-22-13-6-7-15(16(20)10-13)18(21)19-11-17-14-5-3-2-4-12(14)8-9-23-17/h2-7,10,17,20H,8-9,11H2,1H3,(H,19,21)/t17-/m0/s1. The third-order valence-corrected chi connectivity index (χ3v) is 3.99. The Balaban J connectivity index is 1.68. The Hall–Kier alpha value is -2.53. The molecule has 1 atom stereocenters. The normalized spacial score (nSPS) is 16.5. The van der Waals surface area contributed by atoms with Gasteiger partial charge in [0, 0.05) is 12.6 Å². The molecule has 5 nitrogen and oxygen atoms in total. The fourth-order valence-electron chi connectivity index (χ4n) is 2.76. The predicted octanol–water partition coefficient (Wildman–Crippen LogP) is 2.44. The Morgan fingerprint density at radius 2 is 2.17 bits per heavy atom. The topological polar surface area (TPSA) is 67.8 Å². The van der Waals surface area contributed by atoms with Crippen molar-refractivity contribution in [1.82, 2.24) is 5.32 Å². The maximum atomic E-state index is 12.3. The molecule has 0 aromatic heterocycles. The molecule has 1 amide bonds. The number of benzene rings is 2. The average Bonchev–Trinajstić information content (AvgIpc) is 2.59. The maximum Gasteiger partial charge on any atom is 0.255 e. The highest BCUT2D eigenvalue weighted by Crippen LogP contribution is 2.27. The lowest BCUT2D eigenvalue weighted by Gasteiger charge is -2.26. The van der Waals surface area contributed by atoms with Gasteiger partial charge in [-0.15, -0.1) is 0 Å². The number of carbonyl (C=O) groups excluding carboxylic acids is 1. The number of nitrogens with one attached hydrogen (secondary N) is 1.